The van der Waals surface area contributed by atoms with Gasteiger partial charge in [-0.1, -0.05) is 5.21 Å². The van der Waals surface area contributed by atoms with Crippen LogP contribution in [0.1, 0.15) is 37.0 Å². The van der Waals surface area contributed by atoms with E-state index in [4.69, 9.17) is 4.74 Å². The molecule has 7 nitrogen and oxygen atoms in total. The Morgan fingerprint density at radius 2 is 1.89 bits per heavy atom. The number of hydrogen-bond donors (Lipinski definition) is 0. The van der Waals surface area contributed by atoms with Crippen LogP contribution in [0, 0.1) is 6.92 Å². The molecule has 0 saturated heterocycles. The van der Waals surface area contributed by atoms with Crippen molar-refractivity contribution in [1.82, 2.24) is 19.9 Å². The Balaban J connectivity index is 2.87. The van der Waals surface area contributed by atoms with Crippen molar-refractivity contribution in [2.45, 2.75) is 39.8 Å². The minimum Gasteiger partial charge on any atom is -0.455 e. The number of hydrogen-bond acceptors (Lipinski definition) is 5. The highest BCUT2D eigenvalue weighted by atomic mass is 16.6. The van der Waals surface area contributed by atoms with Crippen LogP contribution < -0.4 is 0 Å². The van der Waals surface area contributed by atoms with Gasteiger partial charge in [0.2, 0.25) is 5.91 Å². The van der Waals surface area contributed by atoms with Crippen molar-refractivity contribution in [1.29, 1.82) is 0 Å². The molecule has 0 bridgehead atoms. The molecule has 0 spiro atoms. The zero-order valence-electron chi connectivity index (χ0n) is 12.2. The zero-order chi connectivity index (χ0) is 14.8. The molecule has 1 aromatic rings. The molecule has 19 heavy (non-hydrogen) atoms. The first-order valence-electron chi connectivity index (χ1n) is 5.95. The summed E-state index contributed by atoms with van der Waals surface area (Å²) in [6.45, 7) is 7.07. The molecule has 0 saturated carbocycles. The van der Waals surface area contributed by atoms with Crippen LogP contribution in [0.3, 0.4) is 0 Å². The molecule has 0 N–H and O–H groups in total. The molecular formula is C12H20N4O3. The maximum atomic E-state index is 11.9. The van der Waals surface area contributed by atoms with Crippen LogP contribution in [-0.4, -0.2) is 51.5 Å². The lowest BCUT2D eigenvalue weighted by molar-refractivity contribution is -0.129. The van der Waals surface area contributed by atoms with Gasteiger partial charge in [-0.25, -0.2) is 9.48 Å². The molecule has 0 fully saturated rings. The lowest BCUT2D eigenvalue weighted by Crippen LogP contribution is -2.27. The summed E-state index contributed by atoms with van der Waals surface area (Å²) in [5.74, 6) is -0.655. The Kier molecular flexibility index (Phi) is 4.28. The van der Waals surface area contributed by atoms with Crippen LogP contribution in [0.5, 0.6) is 0 Å². The van der Waals surface area contributed by atoms with Crippen LogP contribution in [-0.2, 0) is 16.1 Å². The largest absolute Gasteiger partial charge is 0.455 e. The topological polar surface area (TPSA) is 77.3 Å². The van der Waals surface area contributed by atoms with E-state index >= 15 is 0 Å². The van der Waals surface area contributed by atoms with E-state index < -0.39 is 11.6 Å². The summed E-state index contributed by atoms with van der Waals surface area (Å²) < 4.78 is 6.61. The fourth-order valence-electron chi connectivity index (χ4n) is 1.30. The number of likely N-dealkylation sites (N-methyl/N-ethyl adjacent to an activating group) is 1. The molecular weight excluding hydrogens is 248 g/mol. The standard InChI is InChI=1S/C12H20N4O3/c1-8-10(11(18)19-12(2,3)4)13-14-16(8)7-9(17)15(5)6/h7H2,1-6H3. The van der Waals surface area contributed by atoms with Crippen LogP contribution in [0.25, 0.3) is 0 Å². The number of esters is 1. The van der Waals surface area contributed by atoms with Gasteiger partial charge in [0.05, 0.1) is 5.69 Å². The summed E-state index contributed by atoms with van der Waals surface area (Å²) in [6, 6.07) is 0. The van der Waals surface area contributed by atoms with E-state index in [1.807, 2.05) is 0 Å². The lowest BCUT2D eigenvalue weighted by Gasteiger charge is -2.18. The van der Waals surface area contributed by atoms with Crippen molar-refractivity contribution in [3.05, 3.63) is 11.4 Å². The second-order valence-electron chi connectivity index (χ2n) is 5.47. The van der Waals surface area contributed by atoms with Gasteiger partial charge in [-0.3, -0.25) is 4.79 Å². The molecule has 0 unspecified atom stereocenters. The first-order valence-corrected chi connectivity index (χ1v) is 5.95. The van der Waals surface area contributed by atoms with Gasteiger partial charge in [0.1, 0.15) is 12.1 Å². The lowest BCUT2D eigenvalue weighted by atomic mass is 10.2. The predicted molar refractivity (Wildman–Crippen MR) is 68.6 cm³/mol. The van der Waals surface area contributed by atoms with Crippen molar-refractivity contribution >= 4 is 11.9 Å². The van der Waals surface area contributed by atoms with Crippen LogP contribution in [0.4, 0.5) is 0 Å². The third kappa shape index (κ3) is 4.04. The smallest absolute Gasteiger partial charge is 0.361 e. The van der Waals surface area contributed by atoms with Crippen molar-refractivity contribution in [3.63, 3.8) is 0 Å². The maximum Gasteiger partial charge on any atom is 0.361 e. The number of carbonyl (C=O) groups is 2. The van der Waals surface area contributed by atoms with Gasteiger partial charge in [-0.05, 0) is 27.7 Å². The van der Waals surface area contributed by atoms with Crippen molar-refractivity contribution < 1.29 is 14.3 Å². The van der Waals surface area contributed by atoms with Gasteiger partial charge in [-0.15, -0.1) is 5.10 Å². The molecule has 0 radical (unpaired) electrons. The third-order valence-electron chi connectivity index (χ3n) is 2.36. The fourth-order valence-corrected chi connectivity index (χ4v) is 1.30. The van der Waals surface area contributed by atoms with E-state index in [9.17, 15) is 9.59 Å². The first-order chi connectivity index (χ1) is 8.61. The zero-order valence-corrected chi connectivity index (χ0v) is 12.2. The van der Waals surface area contributed by atoms with E-state index in [1.54, 1.807) is 41.8 Å². The average molecular weight is 268 g/mol. The molecule has 0 aromatic carbocycles. The van der Waals surface area contributed by atoms with E-state index in [2.05, 4.69) is 10.3 Å². The summed E-state index contributed by atoms with van der Waals surface area (Å²) in [7, 11) is 3.31. The molecule has 0 aliphatic rings. The van der Waals surface area contributed by atoms with Crippen LogP contribution >= 0.6 is 0 Å². The van der Waals surface area contributed by atoms with Crippen molar-refractivity contribution in [2.75, 3.05) is 14.1 Å². The molecule has 0 aliphatic carbocycles. The highest BCUT2D eigenvalue weighted by Gasteiger charge is 2.24. The number of ether oxygens (including phenoxy) is 1. The number of rotatable bonds is 3. The third-order valence-corrected chi connectivity index (χ3v) is 2.36. The Morgan fingerprint density at radius 1 is 1.32 bits per heavy atom. The summed E-state index contributed by atoms with van der Waals surface area (Å²) in [4.78, 5) is 24.9. The van der Waals surface area contributed by atoms with Crippen molar-refractivity contribution in [3.8, 4) is 0 Å². The Morgan fingerprint density at radius 3 is 2.37 bits per heavy atom. The second kappa shape index (κ2) is 5.38. The number of carbonyl (C=O) groups excluding carboxylic acids is 2. The highest BCUT2D eigenvalue weighted by Crippen LogP contribution is 2.13. The second-order valence-corrected chi connectivity index (χ2v) is 5.47. The minimum absolute atomic E-state index is 0.0502. The number of nitrogens with zero attached hydrogens (tertiary/aromatic N) is 4. The maximum absolute atomic E-state index is 11.9. The molecule has 1 rings (SSSR count). The van der Waals surface area contributed by atoms with Gasteiger partial charge in [0.25, 0.3) is 0 Å². The Labute approximate surface area is 112 Å². The number of amides is 1. The molecule has 1 aromatic heterocycles. The molecule has 0 aliphatic heterocycles. The Bertz CT molecular complexity index is 486. The molecule has 1 heterocycles. The summed E-state index contributed by atoms with van der Waals surface area (Å²) in [6.07, 6.45) is 0. The quantitative estimate of drug-likeness (QED) is 0.751. The van der Waals surface area contributed by atoms with Gasteiger partial charge < -0.3 is 9.64 Å². The van der Waals surface area contributed by atoms with Gasteiger partial charge in [0.15, 0.2) is 5.69 Å². The highest BCUT2D eigenvalue weighted by molar-refractivity contribution is 5.88. The number of aromatic nitrogens is 3. The minimum atomic E-state index is -0.591. The van der Waals surface area contributed by atoms with E-state index in [0.717, 1.165) is 0 Å². The van der Waals surface area contributed by atoms with E-state index in [1.165, 1.54) is 9.58 Å². The summed E-state index contributed by atoms with van der Waals surface area (Å²) in [5.41, 5.74) is 0.0678. The first kappa shape index (κ1) is 15.1. The molecule has 106 valence electrons. The van der Waals surface area contributed by atoms with E-state index in [0.29, 0.717) is 5.69 Å². The summed E-state index contributed by atoms with van der Waals surface area (Å²) in [5, 5.41) is 7.59. The SMILES string of the molecule is Cc1c(C(=O)OC(C)(C)C)nnn1CC(=O)N(C)C. The van der Waals surface area contributed by atoms with Gasteiger partial charge in [0, 0.05) is 14.1 Å². The molecule has 0 atom stereocenters. The predicted octanol–water partition coefficient (Wildman–Crippen LogP) is 0.630. The van der Waals surface area contributed by atoms with Crippen molar-refractivity contribution in [2.24, 2.45) is 0 Å². The average Bonchev–Trinajstić information content (AvgIpc) is 2.58. The van der Waals surface area contributed by atoms with Gasteiger partial charge in [-0.2, -0.15) is 0 Å². The van der Waals surface area contributed by atoms with Gasteiger partial charge >= 0.3 is 5.97 Å². The molecule has 1 amide bonds. The fraction of sp³-hybridized carbons (Fsp3) is 0.667. The molecule has 7 heteroatoms. The van der Waals surface area contributed by atoms with Crippen LogP contribution in [0.2, 0.25) is 0 Å². The Hall–Kier alpha value is -1.92. The van der Waals surface area contributed by atoms with E-state index in [-0.39, 0.29) is 18.1 Å². The van der Waals surface area contributed by atoms with Crippen LogP contribution in [0.15, 0.2) is 0 Å². The monoisotopic (exact) mass is 268 g/mol. The summed E-state index contributed by atoms with van der Waals surface area (Å²) >= 11 is 0. The normalized spacial score (nSPS) is 11.3.